The molecule has 0 atom stereocenters. The summed E-state index contributed by atoms with van der Waals surface area (Å²) in [6.45, 7) is 18.6. The first-order chi connectivity index (χ1) is 43.2. The van der Waals surface area contributed by atoms with Gasteiger partial charge in [-0.25, -0.2) is 0 Å². The fourth-order valence-corrected chi connectivity index (χ4v) is 15.1. The molecule has 2 aliphatic rings. The van der Waals surface area contributed by atoms with Gasteiger partial charge in [0.1, 0.15) is 0 Å². The van der Waals surface area contributed by atoms with Crippen molar-refractivity contribution in [3.63, 3.8) is 0 Å². The van der Waals surface area contributed by atoms with Gasteiger partial charge in [0, 0.05) is 45.0 Å². The normalized spacial score (nSPS) is 13.6. The Labute approximate surface area is 523 Å². The summed E-state index contributed by atoms with van der Waals surface area (Å²) in [4.78, 5) is 4.98. The fourth-order valence-electron chi connectivity index (χ4n) is 15.1. The quantitative estimate of drug-likeness (QED) is 0.133. The van der Waals surface area contributed by atoms with E-state index < -0.39 is 0 Å². The second kappa shape index (κ2) is 20.4. The van der Waals surface area contributed by atoms with Crippen molar-refractivity contribution in [2.45, 2.75) is 71.6 Å². The van der Waals surface area contributed by atoms with Gasteiger partial charge in [0.15, 0.2) is 0 Å². The van der Waals surface area contributed by atoms with Gasteiger partial charge < -0.3 is 9.80 Å². The van der Waals surface area contributed by atoms with Crippen molar-refractivity contribution in [2.24, 2.45) is 0 Å². The topological polar surface area (TPSA) is 6.48 Å². The Hall–Kier alpha value is -10.3. The Morgan fingerprint density at radius 1 is 0.270 bits per heavy atom. The average Bonchev–Trinajstić information content (AvgIpc) is 1.77. The van der Waals surface area contributed by atoms with Crippen LogP contribution >= 0.6 is 0 Å². The second-order valence-corrected chi connectivity index (χ2v) is 27.0. The minimum absolute atomic E-state index is 0.00333. The summed E-state index contributed by atoms with van der Waals surface area (Å²) in [5.74, 6) is 0. The summed E-state index contributed by atoms with van der Waals surface area (Å²) in [5.41, 5.74) is 26.7. The number of fused-ring (bicyclic) bond motifs is 10. The first kappa shape index (κ1) is 54.1. The third kappa shape index (κ3) is 8.82. The Bertz CT molecular complexity index is 5160. The van der Waals surface area contributed by atoms with Crippen molar-refractivity contribution in [2.75, 3.05) is 9.80 Å². The molecule has 2 heteroatoms. The van der Waals surface area contributed by atoms with Crippen LogP contribution in [0.3, 0.4) is 0 Å². The van der Waals surface area contributed by atoms with E-state index in [9.17, 15) is 0 Å². The highest BCUT2D eigenvalue weighted by Crippen LogP contribution is 2.55. The molecule has 16 rings (SSSR count). The second-order valence-electron chi connectivity index (χ2n) is 27.0. The maximum Gasteiger partial charge on any atom is 0.0468 e. The predicted octanol–water partition coefficient (Wildman–Crippen LogP) is 24.5. The van der Waals surface area contributed by atoms with Crippen molar-refractivity contribution < 1.29 is 0 Å². The van der Waals surface area contributed by atoms with Crippen LogP contribution in [0, 0.1) is 6.92 Å². The third-order valence-corrected chi connectivity index (χ3v) is 19.8. The van der Waals surface area contributed by atoms with E-state index in [0.29, 0.717) is 0 Å². The molecule has 0 aromatic heterocycles. The number of anilines is 6. The first-order valence-electron chi connectivity index (χ1n) is 31.5. The van der Waals surface area contributed by atoms with Crippen LogP contribution in [-0.4, -0.2) is 0 Å². The number of nitrogens with zero attached hydrogens (tertiary/aromatic N) is 2. The summed E-state index contributed by atoms with van der Waals surface area (Å²) in [6.07, 6.45) is 0. The molecule has 0 bridgehead atoms. The van der Waals surface area contributed by atoms with E-state index in [1.165, 1.54) is 127 Å². The van der Waals surface area contributed by atoms with Gasteiger partial charge in [-0.3, -0.25) is 0 Å². The lowest BCUT2D eigenvalue weighted by Crippen LogP contribution is -2.17. The molecule has 89 heavy (non-hydrogen) atoms. The molecule has 14 aromatic rings. The number of benzene rings is 14. The van der Waals surface area contributed by atoms with E-state index >= 15 is 0 Å². The summed E-state index contributed by atoms with van der Waals surface area (Å²) in [5, 5.41) is 9.66. The minimum Gasteiger partial charge on any atom is -0.310 e. The van der Waals surface area contributed by atoms with Gasteiger partial charge in [-0.2, -0.15) is 0 Å². The Kier molecular flexibility index (Phi) is 12.4. The lowest BCUT2D eigenvalue weighted by molar-refractivity contribution is 0.590. The first-order valence-corrected chi connectivity index (χ1v) is 31.5. The zero-order valence-corrected chi connectivity index (χ0v) is 52.0. The highest BCUT2D eigenvalue weighted by atomic mass is 15.1. The predicted molar refractivity (Wildman–Crippen MR) is 381 cm³/mol. The molecule has 0 fully saturated rings. The SMILES string of the molecule is Cc1ccc(N(c2ccc3c(c2)C(C)(C)c2ccccc2-3)c2ccc3c(-c4ccc5ccccc5c4)c4cc(N(c5ccc(C(C)(C)C)cc5)c5ccc6c(c5)C(C)(C)c5ccccc5-6)ccc4c(-c4ccc(-c5cccc6ccccc56)cc4)c3c2)cc1. The van der Waals surface area contributed by atoms with Crippen LogP contribution in [-0.2, 0) is 16.2 Å². The van der Waals surface area contributed by atoms with Crippen molar-refractivity contribution in [3.8, 4) is 55.6 Å². The van der Waals surface area contributed by atoms with Crippen molar-refractivity contribution in [1.82, 2.24) is 0 Å². The molecule has 0 saturated heterocycles. The molecule has 0 unspecified atom stereocenters. The fraction of sp³-hybridized carbons (Fsp3) is 0.126. The molecule has 0 radical (unpaired) electrons. The molecular formula is C87H70N2. The maximum absolute atomic E-state index is 2.50. The van der Waals surface area contributed by atoms with Gasteiger partial charge in [-0.1, -0.05) is 254 Å². The van der Waals surface area contributed by atoms with Crippen molar-refractivity contribution >= 4 is 77.2 Å². The van der Waals surface area contributed by atoms with Crippen LogP contribution in [0.25, 0.3) is 98.7 Å². The van der Waals surface area contributed by atoms with Gasteiger partial charge in [0.2, 0.25) is 0 Å². The third-order valence-electron chi connectivity index (χ3n) is 19.8. The van der Waals surface area contributed by atoms with Crippen molar-refractivity contribution in [1.29, 1.82) is 0 Å². The molecule has 0 heterocycles. The summed E-state index contributed by atoms with van der Waals surface area (Å²) in [7, 11) is 0. The minimum atomic E-state index is -0.176. The molecule has 0 amide bonds. The lowest BCUT2D eigenvalue weighted by Gasteiger charge is -2.30. The van der Waals surface area contributed by atoms with E-state index in [1.54, 1.807) is 0 Å². The number of hydrogen-bond donors (Lipinski definition) is 0. The molecule has 0 N–H and O–H groups in total. The summed E-state index contributed by atoms with van der Waals surface area (Å²) < 4.78 is 0. The standard InChI is InChI=1S/C87H70N2/c1-55-28-38-63(39-29-55)88(67-42-46-73-71-23-13-15-26-79(71)86(5,6)81(73)53-67)65-45-49-76-77(51-65)83(59-33-31-58(32-34-59)70-25-17-21-57-19-11-12-22-69(57)70)75-48-44-66(52-78(75)84(76)61-35-30-56-18-9-10-20-60(56)50-61)89(64-40-36-62(37-41-64)85(2,3)4)68-43-47-74-72-24-14-16-27-80(72)87(7,8)82(74)54-68/h9-54H,1-8H3. The Balaban J connectivity index is 0.973. The van der Waals surface area contributed by atoms with Gasteiger partial charge >= 0.3 is 0 Å². The number of hydrogen-bond acceptors (Lipinski definition) is 2. The van der Waals surface area contributed by atoms with E-state index in [1.807, 2.05) is 0 Å². The van der Waals surface area contributed by atoms with E-state index in [-0.39, 0.29) is 16.2 Å². The smallest absolute Gasteiger partial charge is 0.0468 e. The molecule has 14 aromatic carbocycles. The lowest BCUT2D eigenvalue weighted by atomic mass is 9.82. The molecule has 2 nitrogen and oxygen atoms in total. The van der Waals surface area contributed by atoms with Crippen LogP contribution in [0.5, 0.6) is 0 Å². The van der Waals surface area contributed by atoms with Crippen LogP contribution < -0.4 is 9.80 Å². The zero-order chi connectivity index (χ0) is 60.5. The highest BCUT2D eigenvalue weighted by Gasteiger charge is 2.38. The van der Waals surface area contributed by atoms with Gasteiger partial charge in [0.25, 0.3) is 0 Å². The molecule has 2 aliphatic carbocycles. The Morgan fingerprint density at radius 2 is 0.685 bits per heavy atom. The summed E-state index contributed by atoms with van der Waals surface area (Å²) >= 11 is 0. The molecule has 0 spiro atoms. The van der Waals surface area contributed by atoms with Gasteiger partial charge in [-0.15, -0.1) is 0 Å². The molecule has 0 aliphatic heterocycles. The molecular weight excluding hydrogens is 1070 g/mol. The highest BCUT2D eigenvalue weighted by molar-refractivity contribution is 6.23. The maximum atomic E-state index is 2.50. The van der Waals surface area contributed by atoms with Crippen molar-refractivity contribution in [3.05, 3.63) is 312 Å². The van der Waals surface area contributed by atoms with E-state index in [2.05, 4.69) is 344 Å². The van der Waals surface area contributed by atoms with Gasteiger partial charge in [-0.05, 0) is 218 Å². The zero-order valence-electron chi connectivity index (χ0n) is 52.0. The number of aryl methyl sites for hydroxylation is 1. The van der Waals surface area contributed by atoms with Gasteiger partial charge in [0.05, 0.1) is 0 Å². The van der Waals surface area contributed by atoms with E-state index in [4.69, 9.17) is 0 Å². The summed E-state index contributed by atoms with van der Waals surface area (Å²) in [6, 6.07) is 106. The monoisotopic (exact) mass is 1140 g/mol. The average molecular weight is 1140 g/mol. The van der Waals surface area contributed by atoms with E-state index in [0.717, 1.165) is 39.7 Å². The Morgan fingerprint density at radius 3 is 1.26 bits per heavy atom. The van der Waals surface area contributed by atoms with Crippen LogP contribution in [0.15, 0.2) is 279 Å². The number of rotatable bonds is 9. The van der Waals surface area contributed by atoms with Crippen LogP contribution in [0.1, 0.15) is 81.8 Å². The molecule has 428 valence electrons. The molecule has 0 saturated carbocycles. The van der Waals surface area contributed by atoms with Crippen LogP contribution in [0.4, 0.5) is 34.1 Å². The van der Waals surface area contributed by atoms with Crippen LogP contribution in [0.2, 0.25) is 0 Å². The largest absolute Gasteiger partial charge is 0.310 e.